The van der Waals surface area contributed by atoms with Crippen molar-refractivity contribution in [2.24, 2.45) is 0 Å². The molecule has 3 aromatic carbocycles. The minimum absolute atomic E-state index is 0.815. The van der Waals surface area contributed by atoms with Crippen LogP contribution in [0.2, 0.25) is 0 Å². The molecule has 3 N–H and O–H groups in total. The number of anilines is 2. The van der Waals surface area contributed by atoms with E-state index in [1.54, 1.807) is 0 Å². The highest BCUT2D eigenvalue weighted by Crippen LogP contribution is 2.21. The third-order valence-corrected chi connectivity index (χ3v) is 5.40. The predicted octanol–water partition coefficient (Wildman–Crippen LogP) is 6.28. The lowest BCUT2D eigenvalue weighted by Gasteiger charge is -2.15. The smallest absolute Gasteiger partial charge is 0.0400 e. The van der Waals surface area contributed by atoms with Gasteiger partial charge in [-0.1, -0.05) is 78.9 Å². The summed E-state index contributed by atoms with van der Waals surface area (Å²) in [6.07, 6.45) is 9.11. The van der Waals surface area contributed by atoms with Gasteiger partial charge in [0.25, 0.3) is 0 Å². The number of hydrogen-bond donors (Lipinski definition) is 3. The molecule has 0 atom stereocenters. The van der Waals surface area contributed by atoms with E-state index in [9.17, 15) is 0 Å². The standard InChI is InChI=1S/C28H31N3/c1-4-10-23(11-5-1)19-29-20-26-16-27(30-21-24-12-6-2-7-13-24)18-28(17-26)31-22-25-14-8-3-9-15-25/h1-2,4-8,10-18,29-31H,3,9,19-22H2. The van der Waals surface area contributed by atoms with Crippen molar-refractivity contribution in [2.75, 3.05) is 17.2 Å². The molecule has 0 bridgehead atoms. The molecular formula is C28H31N3. The summed E-state index contributed by atoms with van der Waals surface area (Å²) >= 11 is 0. The Morgan fingerprint density at radius 3 is 1.84 bits per heavy atom. The van der Waals surface area contributed by atoms with Gasteiger partial charge in [-0.3, -0.25) is 0 Å². The van der Waals surface area contributed by atoms with E-state index in [1.165, 1.54) is 22.3 Å². The molecular weight excluding hydrogens is 378 g/mol. The van der Waals surface area contributed by atoms with Crippen molar-refractivity contribution in [3.05, 3.63) is 119 Å². The second kappa shape index (κ2) is 11.2. The van der Waals surface area contributed by atoms with Crippen molar-refractivity contribution >= 4 is 11.4 Å². The Hall–Kier alpha value is -3.30. The number of benzene rings is 3. The molecule has 0 amide bonds. The summed E-state index contributed by atoms with van der Waals surface area (Å²) < 4.78 is 0. The second-order valence-electron chi connectivity index (χ2n) is 7.96. The van der Waals surface area contributed by atoms with Gasteiger partial charge in [0.1, 0.15) is 0 Å². The van der Waals surface area contributed by atoms with E-state index >= 15 is 0 Å². The Balaban J connectivity index is 1.42. The molecule has 3 aromatic rings. The van der Waals surface area contributed by atoms with Crippen LogP contribution in [0.4, 0.5) is 11.4 Å². The normalized spacial score (nSPS) is 13.0. The van der Waals surface area contributed by atoms with Crippen LogP contribution in [-0.2, 0) is 19.6 Å². The maximum atomic E-state index is 3.61. The third kappa shape index (κ3) is 6.87. The van der Waals surface area contributed by atoms with Crippen molar-refractivity contribution in [3.8, 4) is 0 Å². The molecule has 158 valence electrons. The summed E-state index contributed by atoms with van der Waals surface area (Å²) in [7, 11) is 0. The summed E-state index contributed by atoms with van der Waals surface area (Å²) in [5.74, 6) is 0. The minimum Gasteiger partial charge on any atom is -0.381 e. The first kappa shape index (κ1) is 21.0. The molecule has 1 aliphatic carbocycles. The van der Waals surface area contributed by atoms with Crippen LogP contribution in [0.15, 0.2) is 103 Å². The summed E-state index contributed by atoms with van der Waals surface area (Å²) in [5.41, 5.74) is 7.49. The Morgan fingerprint density at radius 1 is 0.581 bits per heavy atom. The number of allylic oxidation sites excluding steroid dienone is 2. The largest absolute Gasteiger partial charge is 0.381 e. The average molecular weight is 410 g/mol. The zero-order valence-electron chi connectivity index (χ0n) is 18.0. The first-order valence-electron chi connectivity index (χ1n) is 11.1. The number of nitrogens with one attached hydrogen (secondary N) is 3. The fourth-order valence-corrected chi connectivity index (χ4v) is 3.75. The van der Waals surface area contributed by atoms with Crippen LogP contribution in [-0.4, -0.2) is 6.54 Å². The summed E-state index contributed by atoms with van der Waals surface area (Å²) in [6, 6.07) is 27.8. The fraction of sp³-hybridized carbons (Fsp3) is 0.214. The number of rotatable bonds is 10. The van der Waals surface area contributed by atoms with Gasteiger partial charge in [0.15, 0.2) is 0 Å². The summed E-state index contributed by atoms with van der Waals surface area (Å²) in [5, 5.41) is 10.8. The topological polar surface area (TPSA) is 36.1 Å². The van der Waals surface area contributed by atoms with Crippen LogP contribution in [0, 0.1) is 0 Å². The van der Waals surface area contributed by atoms with Gasteiger partial charge in [0, 0.05) is 37.6 Å². The Bertz CT molecular complexity index is 1010. The Morgan fingerprint density at radius 2 is 1.19 bits per heavy atom. The van der Waals surface area contributed by atoms with Crippen LogP contribution >= 0.6 is 0 Å². The van der Waals surface area contributed by atoms with Crippen molar-refractivity contribution in [1.82, 2.24) is 5.32 Å². The molecule has 31 heavy (non-hydrogen) atoms. The first-order valence-corrected chi connectivity index (χ1v) is 11.1. The van der Waals surface area contributed by atoms with Gasteiger partial charge in [-0.25, -0.2) is 0 Å². The molecule has 0 saturated heterocycles. The molecule has 0 aromatic heterocycles. The highest BCUT2D eigenvalue weighted by Gasteiger charge is 2.04. The highest BCUT2D eigenvalue weighted by molar-refractivity contribution is 5.60. The quantitative estimate of drug-likeness (QED) is 0.369. The summed E-state index contributed by atoms with van der Waals surface area (Å²) in [4.78, 5) is 0. The molecule has 0 spiro atoms. The van der Waals surface area contributed by atoms with Crippen molar-refractivity contribution < 1.29 is 0 Å². The Kier molecular flexibility index (Phi) is 7.56. The van der Waals surface area contributed by atoms with Crippen LogP contribution in [0.3, 0.4) is 0 Å². The lowest BCUT2D eigenvalue weighted by Crippen LogP contribution is -2.13. The molecule has 0 saturated carbocycles. The third-order valence-electron chi connectivity index (χ3n) is 5.40. The van der Waals surface area contributed by atoms with Gasteiger partial charge in [-0.2, -0.15) is 0 Å². The zero-order valence-corrected chi connectivity index (χ0v) is 18.0. The van der Waals surface area contributed by atoms with Gasteiger partial charge >= 0.3 is 0 Å². The molecule has 4 rings (SSSR count). The van der Waals surface area contributed by atoms with E-state index in [1.807, 2.05) is 0 Å². The lowest BCUT2D eigenvalue weighted by atomic mass is 10.1. The van der Waals surface area contributed by atoms with E-state index in [2.05, 4.69) is 113 Å². The van der Waals surface area contributed by atoms with Crippen LogP contribution in [0.25, 0.3) is 0 Å². The molecule has 1 aliphatic rings. The van der Waals surface area contributed by atoms with Crippen molar-refractivity contribution in [2.45, 2.75) is 32.5 Å². The zero-order chi connectivity index (χ0) is 21.1. The maximum Gasteiger partial charge on any atom is 0.0400 e. The van der Waals surface area contributed by atoms with Crippen LogP contribution < -0.4 is 16.0 Å². The van der Waals surface area contributed by atoms with Gasteiger partial charge < -0.3 is 16.0 Å². The van der Waals surface area contributed by atoms with Gasteiger partial charge in [0.05, 0.1) is 0 Å². The van der Waals surface area contributed by atoms with E-state index in [0.717, 1.165) is 50.4 Å². The molecule has 3 nitrogen and oxygen atoms in total. The van der Waals surface area contributed by atoms with E-state index < -0.39 is 0 Å². The molecule has 0 heterocycles. The Labute approximate surface area is 185 Å². The van der Waals surface area contributed by atoms with Crippen molar-refractivity contribution in [3.63, 3.8) is 0 Å². The summed E-state index contributed by atoms with van der Waals surface area (Å²) in [6.45, 7) is 3.36. The monoisotopic (exact) mass is 409 g/mol. The van der Waals surface area contributed by atoms with Gasteiger partial charge in [-0.15, -0.1) is 0 Å². The minimum atomic E-state index is 0.815. The van der Waals surface area contributed by atoms with E-state index in [0.29, 0.717) is 0 Å². The molecule has 0 aliphatic heterocycles. The molecule has 0 radical (unpaired) electrons. The fourth-order valence-electron chi connectivity index (χ4n) is 3.75. The predicted molar refractivity (Wildman–Crippen MR) is 132 cm³/mol. The molecule has 0 unspecified atom stereocenters. The van der Waals surface area contributed by atoms with Crippen LogP contribution in [0.1, 0.15) is 29.5 Å². The lowest BCUT2D eigenvalue weighted by molar-refractivity contribution is 0.693. The van der Waals surface area contributed by atoms with Gasteiger partial charge in [0.2, 0.25) is 0 Å². The van der Waals surface area contributed by atoms with Crippen molar-refractivity contribution in [1.29, 1.82) is 0 Å². The second-order valence-corrected chi connectivity index (χ2v) is 7.96. The van der Waals surface area contributed by atoms with Gasteiger partial charge in [-0.05, 0) is 53.3 Å². The molecule has 3 heteroatoms. The highest BCUT2D eigenvalue weighted by atomic mass is 14.9. The first-order chi connectivity index (χ1) is 15.3. The molecule has 0 fully saturated rings. The average Bonchev–Trinajstić information content (AvgIpc) is 2.83. The number of hydrogen-bond acceptors (Lipinski definition) is 3. The van der Waals surface area contributed by atoms with E-state index in [-0.39, 0.29) is 0 Å². The SMILES string of the molecule is C1=CC(CNc2cc(CNCc3ccccc3)cc(NCc3ccccc3)c2)=CCC1. The maximum absolute atomic E-state index is 3.61. The van der Waals surface area contributed by atoms with Crippen LogP contribution in [0.5, 0.6) is 0 Å². The van der Waals surface area contributed by atoms with E-state index in [4.69, 9.17) is 0 Å².